The molecule has 0 spiro atoms. The van der Waals surface area contributed by atoms with Crippen LogP contribution in [0.15, 0.2) is 382 Å². The van der Waals surface area contributed by atoms with Crippen LogP contribution in [0.25, 0.3) is 112 Å². The van der Waals surface area contributed by atoms with E-state index in [1.807, 2.05) is 0 Å². The van der Waals surface area contributed by atoms with Gasteiger partial charge in [-0.2, -0.15) is 9.97 Å². The molecule has 0 saturated heterocycles. The van der Waals surface area contributed by atoms with Crippen molar-refractivity contribution in [2.45, 2.75) is 0 Å². The van der Waals surface area contributed by atoms with Crippen molar-refractivity contribution in [1.29, 1.82) is 0 Å². The molecular formula is C91H63N7Si2. The molecule has 0 radical (unpaired) electrons. The van der Waals surface area contributed by atoms with Gasteiger partial charge in [-0.15, -0.1) is 0 Å². The first-order valence-corrected chi connectivity index (χ1v) is 38.0. The highest BCUT2D eigenvalue weighted by atomic mass is 28.3. The number of benzene rings is 14. The summed E-state index contributed by atoms with van der Waals surface area (Å²) in [6.45, 7) is 0. The largest absolute Gasteiger partial charge is 0.294 e. The van der Waals surface area contributed by atoms with E-state index in [1.165, 1.54) is 52.3 Å². The fraction of sp³-hybridized carbons (Fsp3) is 0. The Labute approximate surface area is 582 Å². The predicted octanol–water partition coefficient (Wildman–Crippen LogP) is 15.9. The van der Waals surface area contributed by atoms with Gasteiger partial charge in [0, 0.05) is 49.9 Å². The first-order chi connectivity index (χ1) is 49.6. The van der Waals surface area contributed by atoms with Crippen molar-refractivity contribution in [1.82, 2.24) is 34.1 Å². The van der Waals surface area contributed by atoms with Gasteiger partial charge in [-0.25, -0.2) is 15.0 Å². The van der Waals surface area contributed by atoms with Gasteiger partial charge in [-0.05, 0) is 76.9 Å². The van der Waals surface area contributed by atoms with Crippen LogP contribution >= 0.6 is 0 Å². The highest BCUT2D eigenvalue weighted by Crippen LogP contribution is 2.36. The zero-order valence-electron chi connectivity index (χ0n) is 54.5. The molecule has 4 heterocycles. The number of fused-ring (bicyclic) bond motifs is 6. The summed E-state index contributed by atoms with van der Waals surface area (Å²) in [5.74, 6) is 3.12. The van der Waals surface area contributed by atoms with Crippen molar-refractivity contribution in [3.05, 3.63) is 382 Å². The van der Waals surface area contributed by atoms with Crippen molar-refractivity contribution >= 4 is 101 Å². The lowest BCUT2D eigenvalue weighted by Gasteiger charge is -2.34. The lowest BCUT2D eigenvalue weighted by Crippen LogP contribution is -2.74. The monoisotopic (exact) mass is 1310 g/mol. The lowest BCUT2D eigenvalue weighted by molar-refractivity contribution is 0.953. The van der Waals surface area contributed by atoms with E-state index in [-0.39, 0.29) is 0 Å². The van der Waals surface area contributed by atoms with Gasteiger partial charge in [-0.3, -0.25) is 9.13 Å². The van der Waals surface area contributed by atoms with Gasteiger partial charge in [0.2, 0.25) is 5.95 Å². The molecule has 0 N–H and O–H groups in total. The van der Waals surface area contributed by atoms with Crippen molar-refractivity contribution < 1.29 is 0 Å². The number of aromatic nitrogens is 7. The molecule has 18 aromatic rings. The molecule has 100 heavy (non-hydrogen) atoms. The molecule has 4 aromatic heterocycles. The van der Waals surface area contributed by atoms with Gasteiger partial charge in [0.25, 0.3) is 0 Å². The molecule has 0 fully saturated rings. The summed E-state index contributed by atoms with van der Waals surface area (Å²) < 4.78 is 4.49. The lowest BCUT2D eigenvalue weighted by atomic mass is 10.0. The summed E-state index contributed by atoms with van der Waals surface area (Å²) in [5, 5.41) is 14.9. The van der Waals surface area contributed by atoms with Gasteiger partial charge >= 0.3 is 0 Å². The van der Waals surface area contributed by atoms with E-state index in [9.17, 15) is 0 Å². The number of para-hydroxylation sites is 4. The maximum atomic E-state index is 5.55. The molecular weight excluding hydrogens is 1250 g/mol. The third-order valence-corrected chi connectivity index (χ3v) is 29.5. The molecule has 0 unspecified atom stereocenters. The van der Waals surface area contributed by atoms with E-state index >= 15 is 0 Å². The van der Waals surface area contributed by atoms with E-state index in [4.69, 9.17) is 24.9 Å². The van der Waals surface area contributed by atoms with E-state index in [0.29, 0.717) is 23.4 Å². The zero-order chi connectivity index (χ0) is 66.4. The molecule has 0 aliphatic heterocycles. The van der Waals surface area contributed by atoms with Crippen LogP contribution in [-0.4, -0.2) is 50.2 Å². The molecule has 0 aliphatic carbocycles. The van der Waals surface area contributed by atoms with Crippen LogP contribution in [0.4, 0.5) is 0 Å². The second kappa shape index (κ2) is 25.3. The Kier molecular flexibility index (Phi) is 15.1. The average molecular weight is 1310 g/mol. The van der Waals surface area contributed by atoms with Crippen LogP contribution in [-0.2, 0) is 0 Å². The normalized spacial score (nSPS) is 11.8. The number of nitrogens with zero attached hydrogens (tertiary/aromatic N) is 7. The number of hydrogen-bond acceptors (Lipinski definition) is 5. The third kappa shape index (κ3) is 10.2. The Hall–Kier alpha value is -12.8. The zero-order valence-corrected chi connectivity index (χ0v) is 56.5. The molecule has 0 atom stereocenters. The summed E-state index contributed by atoms with van der Waals surface area (Å²) in [5.41, 5.74) is 10.8. The van der Waals surface area contributed by atoms with Gasteiger partial charge in [0.15, 0.2) is 33.6 Å². The van der Waals surface area contributed by atoms with E-state index < -0.39 is 16.1 Å². The summed E-state index contributed by atoms with van der Waals surface area (Å²) in [4.78, 5) is 27.4. The smallest absolute Gasteiger partial charge is 0.238 e. The Morgan fingerprint density at radius 3 is 0.860 bits per heavy atom. The first kappa shape index (κ1) is 59.7. The van der Waals surface area contributed by atoms with Gasteiger partial charge in [0.05, 0.1) is 27.8 Å². The summed E-state index contributed by atoms with van der Waals surface area (Å²) >= 11 is 0. The van der Waals surface area contributed by atoms with Crippen LogP contribution in [0, 0.1) is 0 Å². The SMILES string of the molecule is c1ccc([Si](c2ccccc2)(c2ccccc2)c2cccc(-c3cc(-n4c5ccccc5c5ccccc54)nc(-c4ccc(-c5ccc(-c6nc(-c7cccc([Si](c8ccccc8)(c8ccccc8)c8ccccc8)c7)nc(-n7c8ccccc8c8ccccc87)n6)cc5)cc4)n3)c2)cc1. The average Bonchev–Trinajstić information content (AvgIpc) is 0.776. The Bertz CT molecular complexity index is 5340. The molecule has 18 rings (SSSR count). The Morgan fingerprint density at radius 1 is 0.190 bits per heavy atom. The van der Waals surface area contributed by atoms with E-state index in [0.717, 1.165) is 77.7 Å². The van der Waals surface area contributed by atoms with Crippen LogP contribution in [0.2, 0.25) is 0 Å². The molecule has 470 valence electrons. The van der Waals surface area contributed by atoms with Crippen molar-refractivity contribution in [2.75, 3.05) is 0 Å². The number of hydrogen-bond donors (Lipinski definition) is 0. The Balaban J connectivity index is 0.753. The molecule has 14 aromatic carbocycles. The quantitative estimate of drug-likeness (QED) is 0.0755. The van der Waals surface area contributed by atoms with Gasteiger partial charge < -0.3 is 0 Å². The van der Waals surface area contributed by atoms with Crippen LogP contribution in [0.1, 0.15) is 0 Å². The van der Waals surface area contributed by atoms with Crippen LogP contribution in [0.3, 0.4) is 0 Å². The fourth-order valence-corrected chi connectivity index (χ4v) is 25.0. The minimum absolute atomic E-state index is 0.543. The summed E-state index contributed by atoms with van der Waals surface area (Å²) in [6, 6.07) is 138. The van der Waals surface area contributed by atoms with Crippen molar-refractivity contribution in [2.24, 2.45) is 0 Å². The second-order valence-electron chi connectivity index (χ2n) is 25.5. The summed E-state index contributed by atoms with van der Waals surface area (Å²) in [7, 11) is -5.80. The molecule has 0 bridgehead atoms. The fourth-order valence-electron chi connectivity index (χ4n) is 15.4. The van der Waals surface area contributed by atoms with Crippen molar-refractivity contribution in [3.63, 3.8) is 0 Å². The van der Waals surface area contributed by atoms with Crippen LogP contribution in [0.5, 0.6) is 0 Å². The molecule has 0 aliphatic rings. The topological polar surface area (TPSA) is 74.3 Å². The summed E-state index contributed by atoms with van der Waals surface area (Å²) in [6.07, 6.45) is 0. The Morgan fingerprint density at radius 2 is 0.480 bits per heavy atom. The standard InChI is InChI=1S/C91H63N7Si2/c1-7-31-70(32-8-1)99(71-33-9-2-10-34-71,72-35-11-3-12-36-72)76-43-27-29-68(61-76)82-63-87(97-83-49-23-19-45-78(83)79-46-20-24-50-84(79)97)93-88(92-82)66-57-53-64(54-58-66)65-55-59-67(60-56-65)89-94-90(96-91(95-89)98-85-51-25-21-47-80(85)81-48-22-26-52-86(81)98)69-30-28-44-77(62-69)100(73-37-13-4-14-38-73,74-39-15-5-16-40-74)75-41-17-6-18-42-75/h1-63H. The maximum absolute atomic E-state index is 5.55. The highest BCUT2D eigenvalue weighted by molar-refractivity contribution is 7.20. The third-order valence-electron chi connectivity index (χ3n) is 19.9. The van der Waals surface area contributed by atoms with E-state index in [2.05, 4.69) is 391 Å². The van der Waals surface area contributed by atoms with Gasteiger partial charge in [-0.1, -0.05) is 352 Å². The van der Waals surface area contributed by atoms with Crippen molar-refractivity contribution in [3.8, 4) is 68.3 Å². The molecule has 0 saturated carbocycles. The molecule has 7 nitrogen and oxygen atoms in total. The maximum Gasteiger partial charge on any atom is 0.238 e. The van der Waals surface area contributed by atoms with E-state index in [1.54, 1.807) is 0 Å². The minimum atomic E-state index is -2.91. The van der Waals surface area contributed by atoms with Crippen LogP contribution < -0.4 is 41.5 Å². The number of rotatable bonds is 15. The molecule has 9 heteroatoms. The first-order valence-electron chi connectivity index (χ1n) is 34.0. The molecule has 0 amide bonds. The predicted molar refractivity (Wildman–Crippen MR) is 419 cm³/mol. The minimum Gasteiger partial charge on any atom is -0.294 e. The highest BCUT2D eigenvalue weighted by Gasteiger charge is 2.43. The van der Waals surface area contributed by atoms with Gasteiger partial charge in [0.1, 0.15) is 5.82 Å². The second-order valence-corrected chi connectivity index (χ2v) is 33.1.